The topological polar surface area (TPSA) is 37.3 Å². The zero-order valence-corrected chi connectivity index (χ0v) is 8.94. The van der Waals surface area contributed by atoms with E-state index < -0.39 is 11.2 Å². The number of carboxylic acids is 1. The van der Waals surface area contributed by atoms with Crippen LogP contribution in [0.1, 0.15) is 10.8 Å². The Balaban J connectivity index is 0.00000144. The van der Waals surface area contributed by atoms with Gasteiger partial charge in [0, 0.05) is 5.02 Å². The third-order valence-electron chi connectivity index (χ3n) is 1.42. The monoisotopic (exact) mass is 238 g/mol. The summed E-state index contributed by atoms with van der Waals surface area (Å²) in [6, 6.07) is 6.58. The van der Waals surface area contributed by atoms with E-state index >= 15 is 0 Å². The lowest BCUT2D eigenvalue weighted by Gasteiger charge is -2.04. The van der Waals surface area contributed by atoms with Crippen molar-refractivity contribution in [2.45, 2.75) is 5.25 Å². The molecule has 1 N–H and O–H groups in total. The van der Waals surface area contributed by atoms with Gasteiger partial charge in [0.25, 0.3) is 0 Å². The molecule has 0 aromatic heterocycles. The first-order valence-corrected chi connectivity index (χ1v) is 4.17. The Bertz CT molecular complexity index is 287. The van der Waals surface area contributed by atoms with Crippen LogP contribution in [0, 0.1) is 0 Å². The fraction of sp³-hybridized carbons (Fsp3) is 0.125. The van der Waals surface area contributed by atoms with Crippen molar-refractivity contribution in [2.24, 2.45) is 0 Å². The molecule has 0 spiro atoms. The van der Waals surface area contributed by atoms with Crippen molar-refractivity contribution >= 4 is 42.6 Å². The second-order valence-electron chi connectivity index (χ2n) is 2.29. The molecule has 2 nitrogen and oxygen atoms in total. The Morgan fingerprint density at radius 2 is 1.85 bits per heavy atom. The number of rotatable bonds is 2. The summed E-state index contributed by atoms with van der Waals surface area (Å²) in [6.45, 7) is 0. The molecule has 0 aliphatic carbocycles. The number of hydrogen-bond acceptors (Lipinski definition) is 2. The zero-order chi connectivity index (χ0) is 9.14. The van der Waals surface area contributed by atoms with E-state index in [1.807, 2.05) is 0 Å². The van der Waals surface area contributed by atoms with Gasteiger partial charge in [-0.05, 0) is 17.7 Å². The number of halogens is 2. The van der Waals surface area contributed by atoms with Gasteiger partial charge >= 0.3 is 5.97 Å². The second kappa shape index (κ2) is 5.37. The molecule has 0 fully saturated rings. The number of carbonyl (C=O) groups is 1. The normalized spacial score (nSPS) is 11.5. The van der Waals surface area contributed by atoms with Crippen molar-refractivity contribution in [3.63, 3.8) is 0 Å². The number of benzene rings is 1. The molecule has 1 aromatic carbocycles. The van der Waals surface area contributed by atoms with Crippen LogP contribution in [-0.2, 0) is 4.79 Å². The lowest BCUT2D eigenvalue weighted by Crippen LogP contribution is -2.04. The maximum Gasteiger partial charge on any atom is 0.320 e. The minimum absolute atomic E-state index is 0. The van der Waals surface area contributed by atoms with Gasteiger partial charge in [0.2, 0.25) is 0 Å². The largest absolute Gasteiger partial charge is 0.480 e. The van der Waals surface area contributed by atoms with E-state index in [9.17, 15) is 4.79 Å². The SMILES string of the molecule is Cl.O=C(O)C(S)c1ccc(Cl)cc1. The van der Waals surface area contributed by atoms with E-state index in [2.05, 4.69) is 12.6 Å². The van der Waals surface area contributed by atoms with E-state index in [4.69, 9.17) is 16.7 Å². The molecule has 72 valence electrons. The van der Waals surface area contributed by atoms with Gasteiger partial charge in [-0.15, -0.1) is 12.4 Å². The lowest BCUT2D eigenvalue weighted by molar-refractivity contribution is -0.136. The van der Waals surface area contributed by atoms with Gasteiger partial charge in [0.15, 0.2) is 0 Å². The van der Waals surface area contributed by atoms with Crippen LogP contribution in [0.2, 0.25) is 5.02 Å². The average Bonchev–Trinajstić information content (AvgIpc) is 2.04. The highest BCUT2D eigenvalue weighted by Crippen LogP contribution is 2.21. The minimum Gasteiger partial charge on any atom is -0.480 e. The molecule has 1 unspecified atom stereocenters. The maximum absolute atomic E-state index is 10.5. The highest BCUT2D eigenvalue weighted by atomic mass is 35.5. The number of thiol groups is 1. The van der Waals surface area contributed by atoms with Gasteiger partial charge in [-0.1, -0.05) is 23.7 Å². The standard InChI is InChI=1S/C8H7ClO2S.ClH/c9-6-3-1-5(2-4-6)7(12)8(10)11;/h1-4,7,12H,(H,10,11);1H. The number of aliphatic carboxylic acids is 1. The van der Waals surface area contributed by atoms with Crippen molar-refractivity contribution in [1.29, 1.82) is 0 Å². The van der Waals surface area contributed by atoms with Gasteiger partial charge in [0.1, 0.15) is 5.25 Å². The van der Waals surface area contributed by atoms with E-state index in [0.717, 1.165) is 0 Å². The molecule has 0 saturated heterocycles. The first kappa shape index (κ1) is 12.6. The van der Waals surface area contributed by atoms with E-state index in [1.165, 1.54) is 0 Å². The summed E-state index contributed by atoms with van der Waals surface area (Å²) in [7, 11) is 0. The van der Waals surface area contributed by atoms with E-state index in [0.29, 0.717) is 10.6 Å². The quantitative estimate of drug-likeness (QED) is 0.778. The predicted molar refractivity (Wildman–Crippen MR) is 58.1 cm³/mol. The molecule has 0 aliphatic heterocycles. The summed E-state index contributed by atoms with van der Waals surface area (Å²) in [5, 5.41) is 8.41. The van der Waals surface area contributed by atoms with Crippen LogP contribution in [-0.4, -0.2) is 11.1 Å². The number of carboxylic acid groups (broad SMARTS) is 1. The molecular formula is C8H8Cl2O2S. The summed E-state index contributed by atoms with van der Waals surface area (Å²) >= 11 is 9.53. The van der Waals surface area contributed by atoms with Crippen LogP contribution in [0.15, 0.2) is 24.3 Å². The molecule has 0 heterocycles. The Labute approximate surface area is 92.7 Å². The van der Waals surface area contributed by atoms with E-state index in [-0.39, 0.29) is 12.4 Å². The molecule has 5 heteroatoms. The Hall–Kier alpha value is -0.380. The minimum atomic E-state index is -0.958. The van der Waals surface area contributed by atoms with E-state index in [1.54, 1.807) is 24.3 Å². The predicted octanol–water partition coefficient (Wildman–Crippen LogP) is 2.82. The van der Waals surface area contributed by atoms with Crippen molar-refractivity contribution in [1.82, 2.24) is 0 Å². The third-order valence-corrected chi connectivity index (χ3v) is 2.19. The fourth-order valence-corrected chi connectivity index (χ4v) is 1.09. The molecule has 0 bridgehead atoms. The Morgan fingerprint density at radius 1 is 1.38 bits per heavy atom. The van der Waals surface area contributed by atoms with Gasteiger partial charge in [-0.2, -0.15) is 12.6 Å². The molecule has 0 saturated carbocycles. The average molecular weight is 239 g/mol. The van der Waals surface area contributed by atoms with Crippen molar-refractivity contribution in [3.05, 3.63) is 34.9 Å². The van der Waals surface area contributed by atoms with Crippen LogP contribution in [0.4, 0.5) is 0 Å². The molecular weight excluding hydrogens is 231 g/mol. The molecule has 1 rings (SSSR count). The summed E-state index contributed by atoms with van der Waals surface area (Å²) in [5.74, 6) is -0.958. The Morgan fingerprint density at radius 3 is 2.23 bits per heavy atom. The number of hydrogen-bond donors (Lipinski definition) is 2. The van der Waals surface area contributed by atoms with Gasteiger partial charge in [0.05, 0.1) is 0 Å². The lowest BCUT2D eigenvalue weighted by atomic mass is 10.1. The van der Waals surface area contributed by atoms with Crippen molar-refractivity contribution in [3.8, 4) is 0 Å². The fourth-order valence-electron chi connectivity index (χ4n) is 0.788. The van der Waals surface area contributed by atoms with Crippen LogP contribution in [0.3, 0.4) is 0 Å². The molecule has 0 amide bonds. The van der Waals surface area contributed by atoms with Crippen molar-refractivity contribution in [2.75, 3.05) is 0 Å². The molecule has 1 atom stereocenters. The third kappa shape index (κ3) is 3.46. The molecule has 0 aliphatic rings. The summed E-state index contributed by atoms with van der Waals surface area (Å²) in [5.41, 5.74) is 0.634. The highest BCUT2D eigenvalue weighted by Gasteiger charge is 2.13. The van der Waals surface area contributed by atoms with Crippen LogP contribution in [0.5, 0.6) is 0 Å². The zero-order valence-electron chi connectivity index (χ0n) is 6.48. The van der Waals surface area contributed by atoms with Crippen LogP contribution >= 0.6 is 36.6 Å². The summed E-state index contributed by atoms with van der Waals surface area (Å²) < 4.78 is 0. The Kier molecular flexibility index (Phi) is 5.21. The first-order valence-electron chi connectivity index (χ1n) is 3.27. The maximum atomic E-state index is 10.5. The van der Waals surface area contributed by atoms with Gasteiger partial charge in [-0.3, -0.25) is 4.79 Å². The van der Waals surface area contributed by atoms with Crippen LogP contribution < -0.4 is 0 Å². The van der Waals surface area contributed by atoms with Gasteiger partial charge < -0.3 is 5.11 Å². The molecule has 0 radical (unpaired) electrons. The van der Waals surface area contributed by atoms with Gasteiger partial charge in [-0.25, -0.2) is 0 Å². The summed E-state index contributed by atoms with van der Waals surface area (Å²) in [4.78, 5) is 10.5. The smallest absolute Gasteiger partial charge is 0.320 e. The second-order valence-corrected chi connectivity index (χ2v) is 3.25. The highest BCUT2D eigenvalue weighted by molar-refractivity contribution is 7.81. The molecule has 1 aromatic rings. The van der Waals surface area contributed by atoms with Crippen molar-refractivity contribution < 1.29 is 9.90 Å². The molecule has 13 heavy (non-hydrogen) atoms. The summed E-state index contributed by atoms with van der Waals surface area (Å²) in [6.07, 6.45) is 0. The first-order chi connectivity index (χ1) is 5.61. The van der Waals surface area contributed by atoms with Crippen LogP contribution in [0.25, 0.3) is 0 Å².